The molecule has 1 N–H and O–H groups in total. The van der Waals surface area contributed by atoms with Crippen molar-refractivity contribution in [3.05, 3.63) is 11.1 Å². The lowest BCUT2D eigenvalue weighted by Gasteiger charge is -2.72. The second-order valence-corrected chi connectivity index (χ2v) is 19.9. The molecule has 1 saturated heterocycles. The van der Waals surface area contributed by atoms with Crippen LogP contribution in [0.4, 0.5) is 0 Å². The number of carboxylic acid groups (broad SMARTS) is 1. The molecule has 0 aromatic heterocycles. The van der Waals surface area contributed by atoms with Gasteiger partial charge in [0, 0.05) is 31.6 Å². The third-order valence-electron chi connectivity index (χ3n) is 16.5. The number of ether oxygens (including phenoxy) is 1. The maximum absolute atomic E-state index is 14.6. The number of aliphatic carboxylic acids is 1. The number of likely N-dealkylation sites (N-methyl/N-ethyl adjacent to an activating group) is 1. The number of rotatable bonds is 7. The summed E-state index contributed by atoms with van der Waals surface area (Å²) in [5, 5.41) is 9.60. The Balaban J connectivity index is 1.28. The van der Waals surface area contributed by atoms with Gasteiger partial charge in [-0.1, -0.05) is 59.6 Å². The zero-order chi connectivity index (χ0) is 36.8. The van der Waals surface area contributed by atoms with Crippen molar-refractivity contribution in [1.29, 1.82) is 0 Å². The Labute approximate surface area is 301 Å². The highest BCUT2D eigenvalue weighted by Crippen LogP contribution is 2.77. The molecule has 280 valence electrons. The number of amides is 1. The monoisotopic (exact) mass is 694 g/mol. The largest absolute Gasteiger partial charge is 0.481 e. The molecule has 1 aliphatic heterocycles. The van der Waals surface area contributed by atoms with E-state index < -0.39 is 22.8 Å². The van der Waals surface area contributed by atoms with Gasteiger partial charge in [-0.25, -0.2) is 0 Å². The van der Waals surface area contributed by atoms with Crippen LogP contribution in [0.15, 0.2) is 11.1 Å². The van der Waals surface area contributed by atoms with E-state index in [1.807, 2.05) is 4.90 Å². The van der Waals surface area contributed by atoms with Crippen LogP contribution in [0, 0.1) is 56.2 Å². The smallest absolute Gasteiger partial charge is 0.309 e. The van der Waals surface area contributed by atoms with Crippen LogP contribution in [0.3, 0.4) is 0 Å². The van der Waals surface area contributed by atoms with Gasteiger partial charge in [0.1, 0.15) is 6.10 Å². The van der Waals surface area contributed by atoms with Crippen molar-refractivity contribution in [2.24, 2.45) is 56.2 Å². The summed E-state index contributed by atoms with van der Waals surface area (Å²) in [5.74, 6) is -0.206. The standard InChI is InChI=1S/C42H66N2O6/c1-26(2)27-13-18-42(34(46)35(47)44-23-21-43(10)22-24-44)20-19-40(8)28(33(27)42)11-12-30-39(7)16-15-31(50-32(45)25-37(3,4)36(48)49)38(5,6)29(39)14-17-41(30,40)9/h26,28-31H,11-25H2,1-10H3,(H,48,49)/t28-,29+,30-,31+,39+,40-,41-,42?/m1/s1. The van der Waals surface area contributed by atoms with Crippen LogP contribution >= 0.6 is 0 Å². The van der Waals surface area contributed by atoms with Gasteiger partial charge in [0.05, 0.1) is 17.3 Å². The zero-order valence-corrected chi connectivity index (χ0v) is 32.9. The first kappa shape index (κ1) is 37.5. The number of esters is 1. The first-order chi connectivity index (χ1) is 23.2. The van der Waals surface area contributed by atoms with Crippen molar-refractivity contribution in [2.45, 2.75) is 139 Å². The number of hydrogen-bond acceptors (Lipinski definition) is 6. The number of allylic oxidation sites excluding steroid dienone is 2. The first-order valence-electron chi connectivity index (χ1n) is 19.8. The van der Waals surface area contributed by atoms with Gasteiger partial charge in [-0.3, -0.25) is 19.2 Å². The molecule has 0 aromatic rings. The van der Waals surface area contributed by atoms with Crippen LogP contribution in [0.2, 0.25) is 0 Å². The van der Waals surface area contributed by atoms with Crippen molar-refractivity contribution in [3.63, 3.8) is 0 Å². The molecular weight excluding hydrogens is 628 g/mol. The Bertz CT molecular complexity index is 1460. The summed E-state index contributed by atoms with van der Waals surface area (Å²) in [6.45, 7) is 22.8. The average molecular weight is 695 g/mol. The second kappa shape index (κ2) is 12.4. The fraction of sp³-hybridized carbons (Fsp3) is 0.857. The van der Waals surface area contributed by atoms with Gasteiger partial charge in [0.2, 0.25) is 5.78 Å². The molecule has 8 nitrogen and oxygen atoms in total. The molecular formula is C42H66N2O6. The third kappa shape index (κ3) is 5.45. The Morgan fingerprint density at radius 3 is 2.12 bits per heavy atom. The maximum atomic E-state index is 14.6. The fourth-order valence-corrected chi connectivity index (χ4v) is 13.2. The Morgan fingerprint density at radius 1 is 0.840 bits per heavy atom. The highest BCUT2D eigenvalue weighted by atomic mass is 16.5. The first-order valence-corrected chi connectivity index (χ1v) is 19.8. The molecule has 50 heavy (non-hydrogen) atoms. The number of carbonyl (C=O) groups is 4. The summed E-state index contributed by atoms with van der Waals surface area (Å²) in [5.41, 5.74) is 0.994. The van der Waals surface area contributed by atoms with Crippen LogP contribution in [0.5, 0.6) is 0 Å². The van der Waals surface area contributed by atoms with Crippen LogP contribution in [0.1, 0.15) is 133 Å². The van der Waals surface area contributed by atoms with Crippen LogP contribution in [-0.2, 0) is 23.9 Å². The van der Waals surface area contributed by atoms with E-state index in [2.05, 4.69) is 60.4 Å². The van der Waals surface area contributed by atoms with Crippen LogP contribution < -0.4 is 0 Å². The summed E-state index contributed by atoms with van der Waals surface area (Å²) >= 11 is 0. The lowest BCUT2D eigenvalue weighted by Crippen LogP contribution is -2.66. The lowest BCUT2D eigenvalue weighted by atomic mass is 9.33. The summed E-state index contributed by atoms with van der Waals surface area (Å²) in [7, 11) is 2.08. The van der Waals surface area contributed by atoms with E-state index in [-0.39, 0.29) is 45.9 Å². The summed E-state index contributed by atoms with van der Waals surface area (Å²) in [6.07, 6.45) is 9.24. The van der Waals surface area contributed by atoms with Gasteiger partial charge < -0.3 is 19.6 Å². The molecule has 1 amide bonds. The minimum atomic E-state index is -1.16. The average Bonchev–Trinajstić information content (AvgIpc) is 3.43. The number of piperazine rings is 1. The second-order valence-electron chi connectivity index (χ2n) is 19.9. The molecule has 5 fully saturated rings. The van der Waals surface area contributed by atoms with Gasteiger partial charge in [0.15, 0.2) is 0 Å². The number of nitrogens with zero attached hydrogens (tertiary/aromatic N) is 2. The number of ketones is 1. The molecule has 6 rings (SSSR count). The molecule has 5 aliphatic carbocycles. The fourth-order valence-electron chi connectivity index (χ4n) is 13.2. The van der Waals surface area contributed by atoms with E-state index >= 15 is 0 Å². The van der Waals surface area contributed by atoms with E-state index in [4.69, 9.17) is 4.74 Å². The maximum Gasteiger partial charge on any atom is 0.309 e. The molecule has 1 unspecified atom stereocenters. The molecule has 1 heterocycles. The normalized spacial score (nSPS) is 40.0. The van der Waals surface area contributed by atoms with Gasteiger partial charge in [0.25, 0.3) is 5.91 Å². The van der Waals surface area contributed by atoms with Crippen molar-refractivity contribution >= 4 is 23.6 Å². The highest BCUT2D eigenvalue weighted by Gasteiger charge is 2.70. The molecule has 6 aliphatic rings. The predicted molar refractivity (Wildman–Crippen MR) is 194 cm³/mol. The van der Waals surface area contributed by atoms with E-state index in [1.165, 1.54) is 11.1 Å². The van der Waals surface area contributed by atoms with Gasteiger partial charge in [-0.15, -0.1) is 0 Å². The number of carboxylic acids is 1. The lowest BCUT2D eigenvalue weighted by molar-refractivity contribution is -0.233. The predicted octanol–water partition coefficient (Wildman–Crippen LogP) is 7.54. The van der Waals surface area contributed by atoms with Crippen LogP contribution in [0.25, 0.3) is 0 Å². The summed E-state index contributed by atoms with van der Waals surface area (Å²) < 4.78 is 6.16. The molecule has 0 spiro atoms. The van der Waals surface area contributed by atoms with Gasteiger partial charge in [-0.05, 0) is 125 Å². The quantitative estimate of drug-likeness (QED) is 0.167. The molecule has 0 radical (unpaired) electrons. The highest BCUT2D eigenvalue weighted by molar-refractivity contribution is 6.39. The number of fused-ring (bicyclic) bond motifs is 7. The Morgan fingerprint density at radius 2 is 1.50 bits per heavy atom. The van der Waals surface area contributed by atoms with E-state index in [1.54, 1.807) is 13.8 Å². The summed E-state index contributed by atoms with van der Waals surface area (Å²) in [4.78, 5) is 57.5. The van der Waals surface area contributed by atoms with E-state index in [0.29, 0.717) is 36.8 Å². The molecule has 8 atom stereocenters. The molecule has 0 bridgehead atoms. The SMILES string of the molecule is CC(C)C1=C2[C@H]3CC[C@@H]4[C@@]5(C)CC[C@H](OC(=O)CC(C)(C)C(=O)O)C(C)(C)[C@@H]5CC[C@@]4(C)[C@]3(C)CCC2(C(=O)C(=O)N2CCN(C)CC2)CC1. The minimum Gasteiger partial charge on any atom is -0.481 e. The molecule has 8 heteroatoms. The Kier molecular flexibility index (Phi) is 9.34. The number of hydrogen-bond donors (Lipinski definition) is 1. The minimum absolute atomic E-state index is 0.0280. The molecule has 0 aromatic carbocycles. The summed E-state index contributed by atoms with van der Waals surface area (Å²) in [6, 6.07) is 0. The van der Waals surface area contributed by atoms with Crippen molar-refractivity contribution < 1.29 is 29.0 Å². The molecule has 4 saturated carbocycles. The number of carbonyl (C=O) groups excluding carboxylic acids is 3. The van der Waals surface area contributed by atoms with Crippen molar-refractivity contribution in [2.75, 3.05) is 33.2 Å². The van der Waals surface area contributed by atoms with Gasteiger partial charge >= 0.3 is 11.9 Å². The third-order valence-corrected chi connectivity index (χ3v) is 16.5. The van der Waals surface area contributed by atoms with Crippen molar-refractivity contribution in [1.82, 2.24) is 9.80 Å². The van der Waals surface area contributed by atoms with Crippen LogP contribution in [-0.4, -0.2) is 77.9 Å². The van der Waals surface area contributed by atoms with Gasteiger partial charge in [-0.2, -0.15) is 0 Å². The zero-order valence-electron chi connectivity index (χ0n) is 32.9. The topological polar surface area (TPSA) is 104 Å². The van der Waals surface area contributed by atoms with E-state index in [0.717, 1.165) is 77.3 Å². The van der Waals surface area contributed by atoms with Crippen molar-refractivity contribution in [3.8, 4) is 0 Å². The van der Waals surface area contributed by atoms with E-state index in [9.17, 15) is 24.3 Å². The Hall–Kier alpha value is -2.22. The number of Topliss-reactive ketones (excluding diaryl/α,β-unsaturated/α-hetero) is 1.